The van der Waals surface area contributed by atoms with Gasteiger partial charge in [0.1, 0.15) is 5.75 Å². The largest absolute Gasteiger partial charge is 0.497 e. The lowest BCUT2D eigenvalue weighted by Crippen LogP contribution is -2.47. The molecule has 0 aromatic heterocycles. The molecule has 0 spiro atoms. The Morgan fingerprint density at radius 2 is 1.97 bits per heavy atom. The Hall–Kier alpha value is -3.04. The van der Waals surface area contributed by atoms with Crippen LogP contribution in [0.1, 0.15) is 25.8 Å². The number of benzene rings is 2. The van der Waals surface area contributed by atoms with Crippen molar-refractivity contribution in [3.8, 4) is 5.75 Å². The Labute approximate surface area is 167 Å². The Bertz CT molecular complexity index is 918. The molecule has 2 N–H and O–H groups in total. The van der Waals surface area contributed by atoms with Crippen molar-refractivity contribution in [2.75, 3.05) is 17.5 Å². The number of anilines is 2. The van der Waals surface area contributed by atoms with Crippen molar-refractivity contribution in [1.29, 1.82) is 0 Å². The molecule has 9 heteroatoms. The minimum Gasteiger partial charge on any atom is -0.497 e. The number of hydrogen-bond donors (Lipinski definition) is 2. The van der Waals surface area contributed by atoms with E-state index in [-0.39, 0.29) is 17.7 Å². The molecule has 0 saturated heterocycles. The molecule has 1 amide bonds. The van der Waals surface area contributed by atoms with Crippen LogP contribution >= 0.6 is 0 Å². The smallest absolute Gasteiger partial charge is 0.273 e. The van der Waals surface area contributed by atoms with Gasteiger partial charge >= 0.3 is 0 Å². The number of hydrogen-bond acceptors (Lipinski definition) is 6. The fourth-order valence-electron chi connectivity index (χ4n) is 2.95. The second-order valence-corrected chi connectivity index (χ2v) is 6.58. The monoisotopic (exact) mass is 404 g/mol. The SMILES string of the molecule is CCC(F)(F)c1cccc(NC(=O)C2C(C)=NN(c3ccc(OC)cc3)N2O)c1. The molecular formula is C20H22F2N4O3. The molecule has 3 rings (SSSR count). The highest BCUT2D eigenvalue weighted by molar-refractivity contribution is 6.13. The summed E-state index contributed by atoms with van der Waals surface area (Å²) in [5.74, 6) is -2.95. The Morgan fingerprint density at radius 3 is 2.59 bits per heavy atom. The topological polar surface area (TPSA) is 77.4 Å². The maximum atomic E-state index is 13.9. The number of hydroxylamine groups is 1. The summed E-state index contributed by atoms with van der Waals surface area (Å²) in [4.78, 5) is 12.7. The number of nitrogens with one attached hydrogen (secondary N) is 1. The fraction of sp³-hybridized carbons (Fsp3) is 0.300. The number of hydrazine groups is 1. The van der Waals surface area contributed by atoms with E-state index in [1.54, 1.807) is 31.2 Å². The van der Waals surface area contributed by atoms with Gasteiger partial charge in [-0.05, 0) is 43.3 Å². The molecule has 7 nitrogen and oxygen atoms in total. The lowest BCUT2D eigenvalue weighted by atomic mass is 10.1. The molecule has 0 fully saturated rings. The average molecular weight is 404 g/mol. The third kappa shape index (κ3) is 4.20. The van der Waals surface area contributed by atoms with Gasteiger partial charge in [0.05, 0.1) is 18.5 Å². The molecule has 1 unspecified atom stereocenters. The van der Waals surface area contributed by atoms with E-state index in [2.05, 4.69) is 10.4 Å². The number of amides is 1. The van der Waals surface area contributed by atoms with Crippen LogP contribution in [0, 0.1) is 0 Å². The van der Waals surface area contributed by atoms with E-state index in [9.17, 15) is 18.8 Å². The molecule has 0 bridgehead atoms. The van der Waals surface area contributed by atoms with Crippen molar-refractivity contribution in [2.24, 2.45) is 5.10 Å². The van der Waals surface area contributed by atoms with E-state index < -0.39 is 17.9 Å². The number of carbonyl (C=O) groups excluding carboxylic acids is 1. The predicted octanol–water partition coefficient (Wildman–Crippen LogP) is 4.01. The molecular weight excluding hydrogens is 382 g/mol. The number of carbonyl (C=O) groups is 1. The van der Waals surface area contributed by atoms with Gasteiger partial charge in [0, 0.05) is 17.7 Å². The minimum atomic E-state index is -2.99. The van der Waals surface area contributed by atoms with Crippen LogP contribution in [0.5, 0.6) is 5.75 Å². The average Bonchev–Trinajstić information content (AvgIpc) is 3.02. The van der Waals surface area contributed by atoms with Crippen LogP contribution < -0.4 is 15.2 Å². The van der Waals surface area contributed by atoms with Gasteiger partial charge < -0.3 is 10.1 Å². The second kappa shape index (κ2) is 8.14. The molecule has 0 saturated carbocycles. The summed E-state index contributed by atoms with van der Waals surface area (Å²) >= 11 is 0. The number of ether oxygens (including phenoxy) is 1. The van der Waals surface area contributed by atoms with Crippen LogP contribution in [0.25, 0.3) is 0 Å². The quantitative estimate of drug-likeness (QED) is 0.761. The lowest BCUT2D eigenvalue weighted by molar-refractivity contribution is -0.141. The first kappa shape index (κ1) is 20.7. The third-order valence-corrected chi connectivity index (χ3v) is 4.62. The van der Waals surface area contributed by atoms with Gasteiger partial charge in [0.25, 0.3) is 11.8 Å². The highest BCUT2D eigenvalue weighted by Gasteiger charge is 2.38. The summed E-state index contributed by atoms with van der Waals surface area (Å²) < 4.78 is 32.9. The second-order valence-electron chi connectivity index (χ2n) is 6.58. The van der Waals surface area contributed by atoms with Crippen molar-refractivity contribution in [3.63, 3.8) is 0 Å². The van der Waals surface area contributed by atoms with Gasteiger partial charge in [0.15, 0.2) is 6.04 Å². The number of halogens is 2. The zero-order chi connectivity index (χ0) is 21.2. The summed E-state index contributed by atoms with van der Waals surface area (Å²) in [6.07, 6.45) is -0.347. The van der Waals surface area contributed by atoms with Crippen LogP contribution in [0.3, 0.4) is 0 Å². The summed E-state index contributed by atoms with van der Waals surface area (Å²) in [6.45, 7) is 2.99. The molecule has 1 aliphatic heterocycles. The summed E-state index contributed by atoms with van der Waals surface area (Å²) in [6, 6.07) is 11.1. The van der Waals surface area contributed by atoms with Crippen molar-refractivity contribution in [3.05, 3.63) is 54.1 Å². The van der Waals surface area contributed by atoms with Crippen molar-refractivity contribution >= 4 is 23.0 Å². The molecule has 1 heterocycles. The molecule has 2 aromatic rings. The van der Waals surface area contributed by atoms with Gasteiger partial charge in [-0.1, -0.05) is 24.2 Å². The standard InChI is InChI=1S/C20H22F2N4O3/c1-4-20(21,22)14-6-5-7-15(12-14)23-19(27)18-13(2)24-25(26(18)28)16-8-10-17(29-3)11-9-16/h5-12,18,28H,4H2,1-3H3,(H,23,27). The molecule has 1 aliphatic rings. The Morgan fingerprint density at radius 1 is 1.28 bits per heavy atom. The van der Waals surface area contributed by atoms with Crippen molar-refractivity contribution in [1.82, 2.24) is 5.17 Å². The molecule has 1 atom stereocenters. The summed E-state index contributed by atoms with van der Waals surface area (Å²) in [5.41, 5.74) is 0.892. The number of alkyl halides is 2. The van der Waals surface area contributed by atoms with Gasteiger partial charge in [-0.2, -0.15) is 10.2 Å². The molecule has 29 heavy (non-hydrogen) atoms. The first-order chi connectivity index (χ1) is 13.8. The number of hydrazone groups is 1. The van der Waals surface area contributed by atoms with Crippen LogP contribution in [0.4, 0.5) is 20.2 Å². The first-order valence-electron chi connectivity index (χ1n) is 9.03. The normalized spacial score (nSPS) is 17.2. The van der Waals surface area contributed by atoms with E-state index in [1.165, 1.54) is 43.4 Å². The highest BCUT2D eigenvalue weighted by atomic mass is 19.3. The van der Waals surface area contributed by atoms with Crippen molar-refractivity contribution < 1.29 is 23.5 Å². The predicted molar refractivity (Wildman–Crippen MR) is 105 cm³/mol. The van der Waals surface area contributed by atoms with Crippen LogP contribution in [-0.2, 0) is 10.7 Å². The van der Waals surface area contributed by atoms with Crippen molar-refractivity contribution in [2.45, 2.75) is 32.2 Å². The zero-order valence-electron chi connectivity index (χ0n) is 16.3. The number of rotatable bonds is 6. The number of nitrogens with zero attached hydrogens (tertiary/aromatic N) is 3. The Kier molecular flexibility index (Phi) is 5.81. The van der Waals surface area contributed by atoms with Gasteiger partial charge in [-0.25, -0.2) is 8.78 Å². The van der Waals surface area contributed by atoms with Crippen LogP contribution in [0.15, 0.2) is 53.6 Å². The van der Waals surface area contributed by atoms with E-state index in [1.807, 2.05) is 0 Å². The lowest BCUT2D eigenvalue weighted by Gasteiger charge is -2.25. The minimum absolute atomic E-state index is 0.185. The first-order valence-corrected chi connectivity index (χ1v) is 9.03. The van der Waals surface area contributed by atoms with E-state index >= 15 is 0 Å². The van der Waals surface area contributed by atoms with Gasteiger partial charge in [0.2, 0.25) is 0 Å². The zero-order valence-corrected chi connectivity index (χ0v) is 16.3. The molecule has 0 radical (unpaired) electrons. The molecule has 154 valence electrons. The van der Waals surface area contributed by atoms with E-state index in [0.29, 0.717) is 22.3 Å². The molecule has 2 aromatic carbocycles. The Balaban J connectivity index is 1.76. The highest BCUT2D eigenvalue weighted by Crippen LogP contribution is 2.33. The number of methoxy groups -OCH3 is 1. The fourth-order valence-corrected chi connectivity index (χ4v) is 2.95. The summed E-state index contributed by atoms with van der Waals surface area (Å²) in [5, 5.41) is 19.2. The van der Waals surface area contributed by atoms with Gasteiger partial charge in [-0.3, -0.25) is 10.0 Å². The van der Waals surface area contributed by atoms with Crippen LogP contribution in [-0.4, -0.2) is 35.1 Å². The van der Waals surface area contributed by atoms with Crippen LogP contribution in [0.2, 0.25) is 0 Å². The third-order valence-electron chi connectivity index (χ3n) is 4.62. The van der Waals surface area contributed by atoms with Gasteiger partial charge in [-0.15, -0.1) is 0 Å². The maximum Gasteiger partial charge on any atom is 0.273 e. The summed E-state index contributed by atoms with van der Waals surface area (Å²) in [7, 11) is 1.54. The molecule has 0 aliphatic carbocycles. The maximum absolute atomic E-state index is 13.9. The van der Waals surface area contributed by atoms with E-state index in [0.717, 1.165) is 0 Å². The van der Waals surface area contributed by atoms with E-state index in [4.69, 9.17) is 4.74 Å².